The standard InChI is InChI=1S/C14H24N2O4/c1-14(13(18)19)6-4-3-5-11(14)16-12(17)9-7-20-8-10(9)15-2/h9-11,15H,3-8H2,1-2H3,(H,16,17)(H,18,19). The summed E-state index contributed by atoms with van der Waals surface area (Å²) in [6, 6.07) is -0.283. The zero-order valence-corrected chi connectivity index (χ0v) is 12.1. The van der Waals surface area contributed by atoms with Crippen LogP contribution in [-0.2, 0) is 14.3 Å². The van der Waals surface area contributed by atoms with Gasteiger partial charge in [-0.25, -0.2) is 0 Å². The highest BCUT2D eigenvalue weighted by Crippen LogP contribution is 2.36. The lowest BCUT2D eigenvalue weighted by Crippen LogP contribution is -2.55. The summed E-state index contributed by atoms with van der Waals surface area (Å²) in [4.78, 5) is 23.9. The number of hydrogen-bond donors (Lipinski definition) is 3. The molecule has 1 saturated heterocycles. The summed E-state index contributed by atoms with van der Waals surface area (Å²) in [6.45, 7) is 2.66. The summed E-state index contributed by atoms with van der Waals surface area (Å²) in [5.74, 6) is -1.16. The van der Waals surface area contributed by atoms with Crippen molar-refractivity contribution in [2.75, 3.05) is 20.3 Å². The Morgan fingerprint density at radius 1 is 1.30 bits per heavy atom. The van der Waals surface area contributed by atoms with Crippen molar-refractivity contribution in [3.05, 3.63) is 0 Å². The normalized spacial score (nSPS) is 37.6. The van der Waals surface area contributed by atoms with Gasteiger partial charge >= 0.3 is 5.97 Å². The van der Waals surface area contributed by atoms with Crippen molar-refractivity contribution in [1.29, 1.82) is 0 Å². The average Bonchev–Trinajstić information content (AvgIpc) is 2.89. The molecule has 0 aromatic rings. The molecule has 1 amide bonds. The smallest absolute Gasteiger partial charge is 0.311 e. The van der Waals surface area contributed by atoms with Gasteiger partial charge in [-0.15, -0.1) is 0 Å². The molecule has 0 spiro atoms. The van der Waals surface area contributed by atoms with Crippen LogP contribution in [0.25, 0.3) is 0 Å². The molecule has 2 rings (SSSR count). The summed E-state index contributed by atoms with van der Waals surface area (Å²) in [5.41, 5.74) is -0.859. The monoisotopic (exact) mass is 284 g/mol. The van der Waals surface area contributed by atoms with Crippen LogP contribution in [0.1, 0.15) is 32.6 Å². The number of carbonyl (C=O) groups excluding carboxylic acids is 1. The van der Waals surface area contributed by atoms with Gasteiger partial charge in [-0.1, -0.05) is 12.8 Å². The Morgan fingerprint density at radius 2 is 2.05 bits per heavy atom. The van der Waals surface area contributed by atoms with Crippen LogP contribution in [0, 0.1) is 11.3 Å². The molecular weight excluding hydrogens is 260 g/mol. The highest BCUT2D eigenvalue weighted by molar-refractivity contribution is 5.82. The maximum Gasteiger partial charge on any atom is 0.311 e. The molecule has 4 unspecified atom stereocenters. The van der Waals surface area contributed by atoms with Gasteiger partial charge in [-0.05, 0) is 26.8 Å². The Hall–Kier alpha value is -1.14. The summed E-state index contributed by atoms with van der Waals surface area (Å²) in [5, 5.41) is 15.5. The van der Waals surface area contributed by atoms with E-state index in [4.69, 9.17) is 4.74 Å². The van der Waals surface area contributed by atoms with Crippen molar-refractivity contribution in [1.82, 2.24) is 10.6 Å². The second-order valence-electron chi connectivity index (χ2n) is 6.07. The number of carbonyl (C=O) groups is 2. The molecule has 1 aliphatic heterocycles. The minimum absolute atomic E-state index is 0.00896. The molecule has 1 heterocycles. The van der Waals surface area contributed by atoms with E-state index >= 15 is 0 Å². The van der Waals surface area contributed by atoms with E-state index in [0.717, 1.165) is 19.3 Å². The van der Waals surface area contributed by atoms with Gasteiger partial charge in [0.25, 0.3) is 0 Å². The third-order valence-electron chi connectivity index (χ3n) is 4.80. The fourth-order valence-electron chi connectivity index (χ4n) is 3.20. The highest BCUT2D eigenvalue weighted by atomic mass is 16.5. The zero-order chi connectivity index (χ0) is 14.8. The van der Waals surface area contributed by atoms with Gasteiger partial charge in [0.1, 0.15) is 0 Å². The molecule has 6 heteroatoms. The second kappa shape index (κ2) is 6.10. The van der Waals surface area contributed by atoms with Crippen molar-refractivity contribution in [2.45, 2.75) is 44.7 Å². The van der Waals surface area contributed by atoms with Crippen LogP contribution in [0.5, 0.6) is 0 Å². The van der Waals surface area contributed by atoms with Gasteiger partial charge in [0.2, 0.25) is 5.91 Å². The number of nitrogens with one attached hydrogen (secondary N) is 2. The third kappa shape index (κ3) is 2.81. The van der Waals surface area contributed by atoms with Crippen molar-refractivity contribution in [3.8, 4) is 0 Å². The molecular formula is C14H24N2O4. The molecule has 0 aromatic carbocycles. The molecule has 2 fully saturated rings. The Balaban J connectivity index is 2.03. The number of carboxylic acids is 1. The van der Waals surface area contributed by atoms with E-state index in [2.05, 4.69) is 10.6 Å². The van der Waals surface area contributed by atoms with Crippen molar-refractivity contribution in [2.24, 2.45) is 11.3 Å². The van der Waals surface area contributed by atoms with Crippen LogP contribution in [0.3, 0.4) is 0 Å². The summed E-state index contributed by atoms with van der Waals surface area (Å²) < 4.78 is 5.33. The fraction of sp³-hybridized carbons (Fsp3) is 0.857. The summed E-state index contributed by atoms with van der Waals surface area (Å²) in [7, 11) is 1.81. The van der Waals surface area contributed by atoms with Crippen LogP contribution in [0.15, 0.2) is 0 Å². The zero-order valence-electron chi connectivity index (χ0n) is 12.1. The van der Waals surface area contributed by atoms with Gasteiger partial charge in [0.05, 0.1) is 24.5 Å². The predicted octanol–water partition coefficient (Wildman–Crippen LogP) is 0.370. The number of likely N-dealkylation sites (N-methyl/N-ethyl adjacent to an activating group) is 1. The third-order valence-corrected chi connectivity index (χ3v) is 4.80. The number of rotatable bonds is 4. The fourth-order valence-corrected chi connectivity index (χ4v) is 3.20. The molecule has 1 aliphatic carbocycles. The van der Waals surface area contributed by atoms with Gasteiger partial charge < -0.3 is 20.5 Å². The van der Waals surface area contributed by atoms with Crippen molar-refractivity contribution in [3.63, 3.8) is 0 Å². The topological polar surface area (TPSA) is 87.7 Å². The van der Waals surface area contributed by atoms with Crippen LogP contribution < -0.4 is 10.6 Å². The number of ether oxygens (including phenoxy) is 1. The van der Waals surface area contributed by atoms with Crippen LogP contribution in [0.2, 0.25) is 0 Å². The van der Waals surface area contributed by atoms with Crippen LogP contribution >= 0.6 is 0 Å². The minimum atomic E-state index is -0.859. The molecule has 6 nitrogen and oxygen atoms in total. The maximum absolute atomic E-state index is 12.4. The van der Waals surface area contributed by atoms with E-state index in [1.54, 1.807) is 6.92 Å². The Morgan fingerprint density at radius 3 is 2.70 bits per heavy atom. The Labute approximate surface area is 119 Å². The van der Waals surface area contributed by atoms with Gasteiger partial charge in [-0.3, -0.25) is 9.59 Å². The lowest BCUT2D eigenvalue weighted by atomic mass is 9.71. The van der Waals surface area contributed by atoms with Gasteiger partial charge in [0.15, 0.2) is 0 Å². The van der Waals surface area contributed by atoms with Crippen molar-refractivity contribution >= 4 is 11.9 Å². The number of amides is 1. The summed E-state index contributed by atoms with van der Waals surface area (Å²) in [6.07, 6.45) is 3.21. The molecule has 20 heavy (non-hydrogen) atoms. The largest absolute Gasteiger partial charge is 0.481 e. The minimum Gasteiger partial charge on any atom is -0.481 e. The average molecular weight is 284 g/mol. The SMILES string of the molecule is CNC1COCC1C(=O)NC1CCCCC1(C)C(=O)O. The second-order valence-corrected chi connectivity index (χ2v) is 6.07. The van der Waals surface area contributed by atoms with E-state index in [-0.39, 0.29) is 23.9 Å². The molecule has 114 valence electrons. The van der Waals surface area contributed by atoms with E-state index in [1.165, 1.54) is 0 Å². The molecule has 3 N–H and O–H groups in total. The Bertz CT molecular complexity index is 387. The van der Waals surface area contributed by atoms with Crippen LogP contribution in [-0.4, -0.2) is 49.3 Å². The van der Waals surface area contributed by atoms with E-state index in [9.17, 15) is 14.7 Å². The van der Waals surface area contributed by atoms with E-state index < -0.39 is 11.4 Å². The lowest BCUT2D eigenvalue weighted by Gasteiger charge is -2.39. The highest BCUT2D eigenvalue weighted by Gasteiger charge is 2.45. The first-order chi connectivity index (χ1) is 9.49. The molecule has 2 aliphatic rings. The molecule has 0 radical (unpaired) electrons. The quantitative estimate of drug-likeness (QED) is 0.694. The van der Waals surface area contributed by atoms with Crippen LogP contribution in [0.4, 0.5) is 0 Å². The van der Waals surface area contributed by atoms with Gasteiger partial charge in [-0.2, -0.15) is 0 Å². The Kier molecular flexibility index (Phi) is 4.65. The lowest BCUT2D eigenvalue weighted by molar-refractivity contribution is -0.152. The maximum atomic E-state index is 12.4. The predicted molar refractivity (Wildman–Crippen MR) is 73.3 cm³/mol. The molecule has 0 aromatic heterocycles. The van der Waals surface area contributed by atoms with Crippen molar-refractivity contribution < 1.29 is 19.4 Å². The first kappa shape index (κ1) is 15.3. The van der Waals surface area contributed by atoms with E-state index in [1.807, 2.05) is 7.05 Å². The van der Waals surface area contributed by atoms with Gasteiger partial charge in [0, 0.05) is 12.1 Å². The van der Waals surface area contributed by atoms with E-state index in [0.29, 0.717) is 19.6 Å². The number of aliphatic carboxylic acids is 1. The first-order valence-electron chi connectivity index (χ1n) is 7.28. The number of hydrogen-bond acceptors (Lipinski definition) is 4. The number of carboxylic acid groups (broad SMARTS) is 1. The molecule has 4 atom stereocenters. The molecule has 0 bridgehead atoms. The first-order valence-corrected chi connectivity index (χ1v) is 7.28. The summed E-state index contributed by atoms with van der Waals surface area (Å²) >= 11 is 0. The molecule has 1 saturated carbocycles.